The van der Waals surface area contributed by atoms with E-state index in [1.54, 1.807) is 10.6 Å². The molecule has 1 aromatic carbocycles. The molecule has 0 fully saturated rings. The summed E-state index contributed by atoms with van der Waals surface area (Å²) >= 11 is 4.98. The quantitative estimate of drug-likeness (QED) is 0.786. The highest BCUT2D eigenvalue weighted by molar-refractivity contribution is 9.10. The largest absolute Gasteiger partial charge is 0.326 e. The van der Waals surface area contributed by atoms with Crippen LogP contribution >= 0.6 is 27.7 Å². The first-order chi connectivity index (χ1) is 11.5. The Bertz CT molecular complexity index is 850. The van der Waals surface area contributed by atoms with Crippen LogP contribution in [0.3, 0.4) is 0 Å². The molecule has 1 aromatic heterocycles. The van der Waals surface area contributed by atoms with Crippen molar-refractivity contribution < 1.29 is 4.79 Å². The number of nitrogens with zero attached hydrogens (tertiary/aromatic N) is 2. The maximum absolute atomic E-state index is 12.3. The Morgan fingerprint density at radius 3 is 2.96 bits per heavy atom. The number of hydrogen-bond donors (Lipinski definition) is 1. The number of nitrogens with one attached hydrogen (secondary N) is 1. The number of aromatic nitrogens is 2. The third kappa shape index (κ3) is 3.57. The minimum Gasteiger partial charge on any atom is -0.326 e. The van der Waals surface area contributed by atoms with E-state index in [2.05, 4.69) is 26.2 Å². The Morgan fingerprint density at radius 1 is 1.46 bits per heavy atom. The van der Waals surface area contributed by atoms with Gasteiger partial charge in [0.15, 0.2) is 5.16 Å². The van der Waals surface area contributed by atoms with E-state index in [1.807, 2.05) is 32.0 Å². The number of thioether (sulfide) groups is 1. The zero-order chi connectivity index (χ0) is 17.3. The molecule has 5 nitrogen and oxygen atoms in total. The van der Waals surface area contributed by atoms with Crippen molar-refractivity contribution in [2.24, 2.45) is 0 Å². The molecule has 0 bridgehead atoms. The first-order valence-electron chi connectivity index (χ1n) is 7.79. The highest BCUT2D eigenvalue weighted by Gasteiger charge is 2.27. The van der Waals surface area contributed by atoms with Crippen LogP contribution < -0.4 is 10.9 Å². The zero-order valence-electron chi connectivity index (χ0n) is 13.5. The molecule has 3 rings (SSSR count). The summed E-state index contributed by atoms with van der Waals surface area (Å²) in [4.78, 5) is 29.1. The van der Waals surface area contributed by atoms with E-state index in [9.17, 15) is 9.59 Å². The van der Waals surface area contributed by atoms with Crippen LogP contribution in [-0.4, -0.2) is 21.2 Å². The molecule has 1 atom stereocenters. The van der Waals surface area contributed by atoms with Gasteiger partial charge in [0.25, 0.3) is 5.56 Å². The molecule has 1 amide bonds. The lowest BCUT2D eigenvalue weighted by Gasteiger charge is -2.14. The first-order valence-corrected chi connectivity index (χ1v) is 9.57. The van der Waals surface area contributed by atoms with Crippen molar-refractivity contribution in [2.45, 2.75) is 37.9 Å². The van der Waals surface area contributed by atoms with E-state index in [-0.39, 0.29) is 23.9 Å². The molecule has 1 aliphatic heterocycles. The van der Waals surface area contributed by atoms with Crippen molar-refractivity contribution in [3.63, 3.8) is 0 Å². The van der Waals surface area contributed by atoms with Gasteiger partial charge in [0.05, 0.1) is 6.04 Å². The third-order valence-electron chi connectivity index (χ3n) is 3.97. The summed E-state index contributed by atoms with van der Waals surface area (Å²) in [7, 11) is 0. The van der Waals surface area contributed by atoms with Crippen LogP contribution in [0.15, 0.2) is 38.7 Å². The van der Waals surface area contributed by atoms with E-state index < -0.39 is 0 Å². The molecular formula is C17H18BrN3O2S. The Hall–Kier alpha value is -1.60. The Balaban J connectivity index is 1.73. The molecule has 0 saturated carbocycles. The van der Waals surface area contributed by atoms with Gasteiger partial charge in [0, 0.05) is 34.1 Å². The van der Waals surface area contributed by atoms with E-state index in [0.29, 0.717) is 5.75 Å². The summed E-state index contributed by atoms with van der Waals surface area (Å²) in [5, 5.41) is 3.62. The van der Waals surface area contributed by atoms with Crippen LogP contribution in [0.4, 0.5) is 5.69 Å². The summed E-state index contributed by atoms with van der Waals surface area (Å²) in [6, 6.07) is 7.10. The minimum atomic E-state index is -0.146. The number of rotatable bonds is 4. The van der Waals surface area contributed by atoms with Crippen LogP contribution in [0.5, 0.6) is 0 Å². The van der Waals surface area contributed by atoms with Gasteiger partial charge in [0.1, 0.15) is 0 Å². The highest BCUT2D eigenvalue weighted by atomic mass is 79.9. The van der Waals surface area contributed by atoms with Gasteiger partial charge in [-0.2, -0.15) is 0 Å². The van der Waals surface area contributed by atoms with Gasteiger partial charge in [0.2, 0.25) is 5.91 Å². The third-order valence-corrected chi connectivity index (χ3v) is 5.96. The number of fused-ring (bicyclic) bond motifs is 1. The monoisotopic (exact) mass is 407 g/mol. The predicted octanol–water partition coefficient (Wildman–Crippen LogP) is 3.55. The fourth-order valence-corrected chi connectivity index (χ4v) is 4.09. The van der Waals surface area contributed by atoms with Gasteiger partial charge >= 0.3 is 0 Å². The summed E-state index contributed by atoms with van der Waals surface area (Å²) < 4.78 is 2.65. The second-order valence-electron chi connectivity index (χ2n) is 5.77. The number of aryl methyl sites for hydroxylation is 2. The number of carbonyl (C=O) groups excluding carboxylic acids is 1. The summed E-state index contributed by atoms with van der Waals surface area (Å²) in [5.74, 6) is 0.601. The van der Waals surface area contributed by atoms with Crippen molar-refractivity contribution in [2.75, 3.05) is 11.1 Å². The number of anilines is 1. The lowest BCUT2D eigenvalue weighted by Crippen LogP contribution is -2.27. The van der Waals surface area contributed by atoms with E-state index >= 15 is 0 Å². The Labute approximate surface area is 153 Å². The van der Waals surface area contributed by atoms with Gasteiger partial charge in [-0.05, 0) is 37.1 Å². The Morgan fingerprint density at radius 2 is 2.25 bits per heavy atom. The molecule has 126 valence electrons. The average Bonchev–Trinajstić information content (AvgIpc) is 2.94. The topological polar surface area (TPSA) is 64.0 Å². The Kier molecular flexibility index (Phi) is 5.10. The smallest absolute Gasteiger partial charge is 0.254 e. The SMILES string of the molecule is CCc1cc(=O)n2c(n1)SCC2CC(=O)Nc1ccc(Br)c(C)c1. The molecule has 1 unspecified atom stereocenters. The minimum absolute atomic E-state index is 0.0702. The summed E-state index contributed by atoms with van der Waals surface area (Å²) in [5.41, 5.74) is 2.55. The van der Waals surface area contributed by atoms with Crippen molar-refractivity contribution in [3.8, 4) is 0 Å². The van der Waals surface area contributed by atoms with Gasteiger partial charge in [-0.1, -0.05) is 34.6 Å². The number of halogens is 1. The summed E-state index contributed by atoms with van der Waals surface area (Å²) in [6.45, 7) is 3.95. The first kappa shape index (κ1) is 17.2. The number of carbonyl (C=O) groups is 1. The number of hydrogen-bond acceptors (Lipinski definition) is 4. The molecule has 0 aliphatic carbocycles. The standard InChI is InChI=1S/C17H18BrN3O2S/c1-3-11-7-16(23)21-13(9-24-17(21)20-11)8-15(22)19-12-4-5-14(18)10(2)6-12/h4-7,13H,3,8-9H2,1-2H3,(H,19,22). The van der Waals surface area contributed by atoms with Crippen molar-refractivity contribution >= 4 is 39.3 Å². The molecule has 2 aromatic rings. The van der Waals surface area contributed by atoms with E-state index in [0.717, 1.165) is 33.0 Å². The molecule has 0 radical (unpaired) electrons. The molecule has 7 heteroatoms. The molecule has 0 saturated heterocycles. The molecular weight excluding hydrogens is 390 g/mol. The second kappa shape index (κ2) is 7.11. The predicted molar refractivity (Wildman–Crippen MR) is 99.8 cm³/mol. The maximum atomic E-state index is 12.3. The van der Waals surface area contributed by atoms with Gasteiger partial charge in [-0.3, -0.25) is 14.2 Å². The molecule has 0 spiro atoms. The lowest BCUT2D eigenvalue weighted by atomic mass is 10.2. The van der Waals surface area contributed by atoms with Crippen LogP contribution in [0, 0.1) is 6.92 Å². The fourth-order valence-electron chi connectivity index (χ4n) is 2.68. The van der Waals surface area contributed by atoms with Gasteiger partial charge < -0.3 is 5.32 Å². The van der Waals surface area contributed by atoms with Crippen molar-refractivity contribution in [1.82, 2.24) is 9.55 Å². The van der Waals surface area contributed by atoms with Crippen LogP contribution in [-0.2, 0) is 11.2 Å². The van der Waals surface area contributed by atoms with Crippen molar-refractivity contribution in [1.29, 1.82) is 0 Å². The van der Waals surface area contributed by atoms with E-state index in [4.69, 9.17) is 0 Å². The maximum Gasteiger partial charge on any atom is 0.254 e. The fraction of sp³-hybridized carbons (Fsp3) is 0.353. The number of amides is 1. The molecule has 1 N–H and O–H groups in total. The van der Waals surface area contributed by atoms with E-state index in [1.165, 1.54) is 11.8 Å². The van der Waals surface area contributed by atoms with Crippen LogP contribution in [0.2, 0.25) is 0 Å². The van der Waals surface area contributed by atoms with Gasteiger partial charge in [-0.25, -0.2) is 4.98 Å². The lowest BCUT2D eigenvalue weighted by molar-refractivity contribution is -0.116. The van der Waals surface area contributed by atoms with Gasteiger partial charge in [-0.15, -0.1) is 0 Å². The summed E-state index contributed by atoms with van der Waals surface area (Å²) in [6.07, 6.45) is 1.000. The van der Waals surface area contributed by atoms with Crippen LogP contribution in [0.25, 0.3) is 0 Å². The molecule has 24 heavy (non-hydrogen) atoms. The normalized spacial score (nSPS) is 16.0. The van der Waals surface area contributed by atoms with Crippen LogP contribution in [0.1, 0.15) is 30.6 Å². The molecule has 1 aliphatic rings. The number of benzene rings is 1. The highest BCUT2D eigenvalue weighted by Crippen LogP contribution is 2.32. The second-order valence-corrected chi connectivity index (χ2v) is 7.61. The van der Waals surface area contributed by atoms with Crippen molar-refractivity contribution in [3.05, 3.63) is 50.3 Å². The zero-order valence-corrected chi connectivity index (χ0v) is 15.9. The molecule has 2 heterocycles. The average molecular weight is 408 g/mol.